The van der Waals surface area contributed by atoms with Gasteiger partial charge < -0.3 is 19.9 Å². The molecule has 0 fully saturated rings. The number of nitrogens with one attached hydrogen (secondary N) is 1. The highest BCUT2D eigenvalue weighted by Gasteiger charge is 2.26. The fourth-order valence-electron chi connectivity index (χ4n) is 3.75. The molecule has 4 aromatic rings. The average molecular weight is 456 g/mol. The molecular formula is C26H21N3O3S. The van der Waals surface area contributed by atoms with Crippen molar-refractivity contribution in [3.8, 4) is 17.4 Å². The second-order valence-electron chi connectivity index (χ2n) is 7.27. The summed E-state index contributed by atoms with van der Waals surface area (Å²) in [6.45, 7) is 0. The summed E-state index contributed by atoms with van der Waals surface area (Å²) in [5.74, 6) is 1.35. The summed E-state index contributed by atoms with van der Waals surface area (Å²) in [6.07, 6.45) is 1.93. The van der Waals surface area contributed by atoms with Crippen LogP contribution in [0.5, 0.6) is 17.4 Å². The van der Waals surface area contributed by atoms with Gasteiger partial charge in [-0.25, -0.2) is 4.99 Å². The second kappa shape index (κ2) is 8.80. The molecule has 0 spiro atoms. The fraction of sp³-hybridized carbons (Fsp3) is 0.0769. The molecule has 164 valence electrons. The Morgan fingerprint density at radius 2 is 1.61 bits per heavy atom. The molecule has 2 N–H and O–H groups in total. The van der Waals surface area contributed by atoms with E-state index in [-0.39, 0.29) is 5.88 Å². The maximum absolute atomic E-state index is 10.6. The van der Waals surface area contributed by atoms with Crippen LogP contribution in [0.3, 0.4) is 0 Å². The Labute approximate surface area is 195 Å². The SMILES string of the molecule is COc1ccccc1Nc1nc(O)c(C=C2C(c3ccccc3)=Nc3c(OC)cccc32)s1. The Balaban J connectivity index is 1.57. The molecule has 0 radical (unpaired) electrons. The molecule has 0 saturated heterocycles. The highest BCUT2D eigenvalue weighted by Crippen LogP contribution is 2.45. The van der Waals surface area contributed by atoms with Gasteiger partial charge in [-0.3, -0.25) is 0 Å². The number of aromatic hydroxyl groups is 1. The number of fused-ring (bicyclic) bond motifs is 1. The highest BCUT2D eigenvalue weighted by molar-refractivity contribution is 7.16. The van der Waals surface area contributed by atoms with Crippen LogP contribution in [0.2, 0.25) is 0 Å². The van der Waals surface area contributed by atoms with Gasteiger partial charge in [0.25, 0.3) is 0 Å². The van der Waals surface area contributed by atoms with Gasteiger partial charge in [-0.1, -0.05) is 65.9 Å². The predicted octanol–water partition coefficient (Wildman–Crippen LogP) is 6.28. The lowest BCUT2D eigenvalue weighted by atomic mass is 9.97. The number of methoxy groups -OCH3 is 2. The summed E-state index contributed by atoms with van der Waals surface area (Å²) in [5.41, 5.74) is 5.20. The molecule has 0 atom stereocenters. The van der Waals surface area contributed by atoms with Gasteiger partial charge in [0, 0.05) is 16.7 Å². The summed E-state index contributed by atoms with van der Waals surface area (Å²) in [4.78, 5) is 9.83. The average Bonchev–Trinajstić information content (AvgIpc) is 3.40. The van der Waals surface area contributed by atoms with Crippen LogP contribution in [0, 0.1) is 0 Å². The van der Waals surface area contributed by atoms with Gasteiger partial charge >= 0.3 is 0 Å². The van der Waals surface area contributed by atoms with Crippen LogP contribution in [0.15, 0.2) is 77.8 Å². The summed E-state index contributed by atoms with van der Waals surface area (Å²) in [7, 11) is 3.26. The maximum atomic E-state index is 10.6. The van der Waals surface area contributed by atoms with Crippen LogP contribution < -0.4 is 14.8 Å². The zero-order valence-corrected chi connectivity index (χ0v) is 18.9. The van der Waals surface area contributed by atoms with Gasteiger partial charge in [0.2, 0.25) is 5.88 Å². The van der Waals surface area contributed by atoms with Crippen molar-refractivity contribution in [1.29, 1.82) is 0 Å². The highest BCUT2D eigenvalue weighted by atomic mass is 32.1. The topological polar surface area (TPSA) is 76.0 Å². The van der Waals surface area contributed by atoms with Crippen molar-refractivity contribution in [3.63, 3.8) is 0 Å². The van der Waals surface area contributed by atoms with Gasteiger partial charge in [0.05, 0.1) is 30.5 Å². The van der Waals surface area contributed by atoms with Gasteiger partial charge in [-0.15, -0.1) is 0 Å². The Morgan fingerprint density at radius 1 is 0.879 bits per heavy atom. The minimum Gasteiger partial charge on any atom is -0.495 e. The van der Waals surface area contributed by atoms with Crippen molar-refractivity contribution in [1.82, 2.24) is 4.98 Å². The minimum absolute atomic E-state index is 0.0475. The lowest BCUT2D eigenvalue weighted by Gasteiger charge is -2.07. The monoisotopic (exact) mass is 455 g/mol. The largest absolute Gasteiger partial charge is 0.495 e. The molecule has 1 aliphatic rings. The molecule has 0 unspecified atom stereocenters. The molecule has 2 heterocycles. The Morgan fingerprint density at radius 3 is 2.39 bits per heavy atom. The number of para-hydroxylation sites is 3. The number of benzene rings is 3. The third-order valence-corrected chi connectivity index (χ3v) is 6.20. The second-order valence-corrected chi connectivity index (χ2v) is 8.30. The molecule has 0 bridgehead atoms. The quantitative estimate of drug-likeness (QED) is 0.358. The Kier molecular flexibility index (Phi) is 5.54. The molecule has 1 aliphatic heterocycles. The van der Waals surface area contributed by atoms with Crippen LogP contribution in [0.1, 0.15) is 16.0 Å². The number of aliphatic imine (C=N–C) groups is 1. The lowest BCUT2D eigenvalue weighted by Crippen LogP contribution is -1.99. The van der Waals surface area contributed by atoms with Crippen molar-refractivity contribution < 1.29 is 14.6 Å². The predicted molar refractivity (Wildman–Crippen MR) is 134 cm³/mol. The maximum Gasteiger partial charge on any atom is 0.231 e. The molecule has 7 heteroatoms. The van der Waals surface area contributed by atoms with E-state index in [2.05, 4.69) is 10.3 Å². The Hall–Kier alpha value is -4.10. The smallest absolute Gasteiger partial charge is 0.231 e. The molecule has 0 amide bonds. The zero-order chi connectivity index (χ0) is 22.8. The van der Waals surface area contributed by atoms with Gasteiger partial charge in [-0.05, 0) is 24.3 Å². The van der Waals surface area contributed by atoms with E-state index in [9.17, 15) is 5.11 Å². The molecule has 1 aromatic heterocycles. The number of rotatable bonds is 6. The molecule has 3 aromatic carbocycles. The number of nitrogens with zero attached hydrogens (tertiary/aromatic N) is 2. The van der Waals surface area contributed by atoms with E-state index in [0.29, 0.717) is 21.5 Å². The van der Waals surface area contributed by atoms with E-state index < -0.39 is 0 Å². The van der Waals surface area contributed by atoms with Crippen molar-refractivity contribution >= 4 is 45.2 Å². The molecule has 0 aliphatic carbocycles. The fourth-order valence-corrected chi connectivity index (χ4v) is 4.56. The van der Waals surface area contributed by atoms with E-state index in [1.54, 1.807) is 14.2 Å². The first-order chi connectivity index (χ1) is 16.2. The van der Waals surface area contributed by atoms with Crippen LogP contribution in [-0.2, 0) is 0 Å². The first kappa shape index (κ1) is 20.8. The number of thiazole rings is 1. The number of hydrogen-bond acceptors (Lipinski definition) is 7. The van der Waals surface area contributed by atoms with E-state index in [0.717, 1.165) is 33.8 Å². The molecule has 5 rings (SSSR count). The number of allylic oxidation sites excluding steroid dienone is 1. The first-order valence-corrected chi connectivity index (χ1v) is 11.1. The van der Waals surface area contributed by atoms with Crippen molar-refractivity contribution in [3.05, 3.63) is 88.8 Å². The van der Waals surface area contributed by atoms with E-state index in [4.69, 9.17) is 14.5 Å². The Bertz CT molecular complexity index is 1380. The summed E-state index contributed by atoms with van der Waals surface area (Å²) < 4.78 is 10.9. The first-order valence-electron chi connectivity index (χ1n) is 10.3. The van der Waals surface area contributed by atoms with Crippen molar-refractivity contribution in [2.45, 2.75) is 0 Å². The van der Waals surface area contributed by atoms with E-state index >= 15 is 0 Å². The molecule has 33 heavy (non-hydrogen) atoms. The summed E-state index contributed by atoms with van der Waals surface area (Å²) in [5, 5.41) is 14.4. The zero-order valence-electron chi connectivity index (χ0n) is 18.1. The molecule has 0 saturated carbocycles. The number of hydrogen-bond donors (Lipinski definition) is 2. The third-order valence-electron chi connectivity index (χ3n) is 5.29. The summed E-state index contributed by atoms with van der Waals surface area (Å²) >= 11 is 1.35. The number of aromatic nitrogens is 1. The lowest BCUT2D eigenvalue weighted by molar-refractivity contribution is 0.416. The minimum atomic E-state index is -0.0475. The van der Waals surface area contributed by atoms with Crippen LogP contribution in [0.4, 0.5) is 16.5 Å². The van der Waals surface area contributed by atoms with Gasteiger partial charge in [0.1, 0.15) is 17.2 Å². The molecule has 6 nitrogen and oxygen atoms in total. The number of anilines is 2. The van der Waals surface area contributed by atoms with Crippen LogP contribution >= 0.6 is 11.3 Å². The van der Waals surface area contributed by atoms with Crippen LogP contribution in [0.25, 0.3) is 11.6 Å². The normalized spacial score (nSPS) is 13.5. The standard InChI is InChI=1S/C26H21N3O3S/c1-31-20-13-7-6-12-19(20)27-26-29-25(30)22(33-26)15-18-17-11-8-14-21(32-2)24(17)28-23(18)16-9-4-3-5-10-16/h3-15,30H,1-2H3,(H,27,29). The van der Waals surface area contributed by atoms with E-state index in [1.807, 2.05) is 78.9 Å². The van der Waals surface area contributed by atoms with Crippen molar-refractivity contribution in [2.24, 2.45) is 4.99 Å². The molecular weight excluding hydrogens is 434 g/mol. The van der Waals surface area contributed by atoms with Gasteiger partial charge in [-0.2, -0.15) is 4.98 Å². The summed E-state index contributed by atoms with van der Waals surface area (Å²) in [6, 6.07) is 23.4. The van der Waals surface area contributed by atoms with Crippen molar-refractivity contribution in [2.75, 3.05) is 19.5 Å². The van der Waals surface area contributed by atoms with Crippen LogP contribution in [-0.4, -0.2) is 30.0 Å². The number of ether oxygens (including phenoxy) is 2. The van der Waals surface area contributed by atoms with Gasteiger partial charge in [0.15, 0.2) is 5.13 Å². The third kappa shape index (κ3) is 3.94. The van der Waals surface area contributed by atoms with E-state index in [1.165, 1.54) is 11.3 Å².